The highest BCUT2D eigenvalue weighted by Gasteiger charge is 2.30. The van der Waals surface area contributed by atoms with Gasteiger partial charge in [0.2, 0.25) is 0 Å². The fourth-order valence-electron chi connectivity index (χ4n) is 2.30. The molecule has 2 aromatic carbocycles. The molecule has 0 aliphatic rings. The lowest BCUT2D eigenvalue weighted by molar-refractivity contribution is -0.154. The molecule has 0 aliphatic carbocycles. The number of allylic oxidation sites excluding steroid dienone is 1. The first-order valence-corrected chi connectivity index (χ1v) is 8.37. The number of para-hydroxylation sites is 1. The van der Waals surface area contributed by atoms with Gasteiger partial charge in [-0.05, 0) is 36.4 Å². The van der Waals surface area contributed by atoms with Crippen molar-refractivity contribution in [2.75, 3.05) is 20.3 Å². The van der Waals surface area contributed by atoms with Crippen molar-refractivity contribution < 1.29 is 45.3 Å². The van der Waals surface area contributed by atoms with Crippen molar-refractivity contribution in [1.29, 1.82) is 0 Å². The van der Waals surface area contributed by atoms with Crippen LogP contribution >= 0.6 is 0 Å². The van der Waals surface area contributed by atoms with E-state index in [2.05, 4.69) is 9.47 Å². The van der Waals surface area contributed by atoms with Crippen molar-refractivity contribution in [3.63, 3.8) is 0 Å². The Hall–Kier alpha value is -3.17. The van der Waals surface area contributed by atoms with Crippen LogP contribution in [-0.4, -0.2) is 38.5 Å². The monoisotopic (exact) mass is 434 g/mol. The largest absolute Gasteiger partial charge is 0.496 e. The molecule has 2 aromatic rings. The molecule has 0 spiro atoms. The lowest BCUT2D eigenvalue weighted by Gasteiger charge is -2.14. The van der Waals surface area contributed by atoms with Gasteiger partial charge < -0.3 is 14.2 Å². The van der Waals surface area contributed by atoms with Crippen LogP contribution in [0.3, 0.4) is 0 Å². The van der Waals surface area contributed by atoms with Crippen LogP contribution in [0.4, 0.5) is 26.3 Å². The Morgan fingerprint density at radius 2 is 1.53 bits per heavy atom. The number of rotatable bonds is 8. The smallest absolute Gasteiger partial charge is 0.422 e. The molecular formula is C20H16F6O4. The number of alkyl halides is 6. The topological polar surface area (TPSA) is 44.8 Å². The Balaban J connectivity index is 2.31. The summed E-state index contributed by atoms with van der Waals surface area (Å²) < 4.78 is 88.8. The van der Waals surface area contributed by atoms with Crippen LogP contribution < -0.4 is 14.2 Å². The highest BCUT2D eigenvalue weighted by molar-refractivity contribution is 6.09. The third-order valence-electron chi connectivity index (χ3n) is 3.56. The number of ether oxygens (including phenoxy) is 3. The van der Waals surface area contributed by atoms with Crippen molar-refractivity contribution in [2.45, 2.75) is 12.4 Å². The summed E-state index contributed by atoms with van der Waals surface area (Å²) in [5.74, 6) is -1.14. The van der Waals surface area contributed by atoms with E-state index in [1.807, 2.05) is 0 Å². The zero-order valence-electron chi connectivity index (χ0n) is 15.5. The van der Waals surface area contributed by atoms with Gasteiger partial charge in [0.05, 0.1) is 12.7 Å². The summed E-state index contributed by atoms with van der Waals surface area (Å²) in [5.41, 5.74) is 0.126. The molecule has 0 unspecified atom stereocenters. The maximum absolute atomic E-state index is 12.5. The average molecular weight is 434 g/mol. The van der Waals surface area contributed by atoms with Gasteiger partial charge >= 0.3 is 12.4 Å². The van der Waals surface area contributed by atoms with Gasteiger partial charge in [0.25, 0.3) is 0 Å². The molecule has 162 valence electrons. The standard InChI is InChI=1S/C20H16F6O4/c1-28-17-5-3-2-4-13(17)6-8-16(27)15-10-14(29-11-19(21,22)23)7-9-18(15)30-12-20(24,25)26/h2-10H,11-12H2,1H3/b8-6+. The highest BCUT2D eigenvalue weighted by atomic mass is 19.4. The molecule has 0 atom stereocenters. The van der Waals surface area contributed by atoms with Gasteiger partial charge in [0.1, 0.15) is 17.2 Å². The normalized spacial score (nSPS) is 12.1. The first-order valence-electron chi connectivity index (χ1n) is 8.37. The molecule has 2 rings (SSSR count). The van der Waals surface area contributed by atoms with Gasteiger partial charge in [0.15, 0.2) is 19.0 Å². The van der Waals surface area contributed by atoms with E-state index in [9.17, 15) is 31.1 Å². The van der Waals surface area contributed by atoms with E-state index in [1.165, 1.54) is 13.2 Å². The Bertz CT molecular complexity index is 903. The fourth-order valence-corrected chi connectivity index (χ4v) is 2.30. The molecule has 0 N–H and O–H groups in total. The van der Waals surface area contributed by atoms with Crippen molar-refractivity contribution in [3.05, 3.63) is 59.7 Å². The number of halogens is 6. The lowest BCUT2D eigenvalue weighted by Crippen LogP contribution is -2.21. The van der Waals surface area contributed by atoms with E-state index < -0.39 is 37.1 Å². The van der Waals surface area contributed by atoms with Crippen molar-refractivity contribution >= 4 is 11.9 Å². The van der Waals surface area contributed by atoms with Crippen molar-refractivity contribution in [2.24, 2.45) is 0 Å². The van der Waals surface area contributed by atoms with E-state index in [0.29, 0.717) is 11.3 Å². The quantitative estimate of drug-likeness (QED) is 0.314. The molecular weight excluding hydrogens is 418 g/mol. The number of carbonyl (C=O) groups excluding carboxylic acids is 1. The van der Waals surface area contributed by atoms with Gasteiger partial charge in [-0.1, -0.05) is 18.2 Å². The minimum Gasteiger partial charge on any atom is -0.496 e. The first kappa shape index (κ1) is 23.1. The molecule has 0 saturated carbocycles. The molecule has 0 saturated heterocycles. The molecule has 0 fully saturated rings. The van der Waals surface area contributed by atoms with Crippen LogP contribution in [0.25, 0.3) is 6.08 Å². The number of methoxy groups -OCH3 is 1. The summed E-state index contributed by atoms with van der Waals surface area (Å²) in [4.78, 5) is 12.5. The van der Waals surface area contributed by atoms with Crippen LogP contribution in [0.5, 0.6) is 17.2 Å². The SMILES string of the molecule is COc1ccccc1/C=C/C(=O)c1cc(OCC(F)(F)F)ccc1OCC(F)(F)F. The summed E-state index contributed by atoms with van der Waals surface area (Å²) in [7, 11) is 1.42. The Morgan fingerprint density at radius 1 is 0.900 bits per heavy atom. The zero-order chi connectivity index (χ0) is 22.4. The van der Waals surface area contributed by atoms with Gasteiger partial charge in [-0.25, -0.2) is 0 Å². The van der Waals surface area contributed by atoms with Crippen molar-refractivity contribution in [1.82, 2.24) is 0 Å². The summed E-state index contributed by atoms with van der Waals surface area (Å²) in [6.45, 7) is -3.30. The predicted molar refractivity (Wildman–Crippen MR) is 95.9 cm³/mol. The van der Waals surface area contributed by atoms with Crippen LogP contribution in [0.2, 0.25) is 0 Å². The maximum Gasteiger partial charge on any atom is 0.422 e. The second-order valence-corrected chi connectivity index (χ2v) is 5.91. The maximum atomic E-state index is 12.5. The summed E-state index contributed by atoms with van der Waals surface area (Å²) in [5, 5.41) is 0. The highest BCUT2D eigenvalue weighted by Crippen LogP contribution is 2.29. The Morgan fingerprint density at radius 3 is 2.17 bits per heavy atom. The number of hydrogen-bond donors (Lipinski definition) is 0. The number of hydrogen-bond acceptors (Lipinski definition) is 4. The predicted octanol–water partition coefficient (Wildman–Crippen LogP) is 5.47. The van der Waals surface area contributed by atoms with Crippen LogP contribution in [0.1, 0.15) is 15.9 Å². The lowest BCUT2D eigenvalue weighted by atomic mass is 10.1. The second-order valence-electron chi connectivity index (χ2n) is 5.91. The number of benzene rings is 2. The second kappa shape index (κ2) is 9.55. The summed E-state index contributed by atoms with van der Waals surface area (Å²) in [6.07, 6.45) is -6.89. The van der Waals surface area contributed by atoms with Gasteiger partial charge in [-0.3, -0.25) is 4.79 Å². The molecule has 0 heterocycles. The Labute approximate surface area is 167 Å². The third kappa shape index (κ3) is 7.34. The summed E-state index contributed by atoms with van der Waals surface area (Å²) >= 11 is 0. The number of ketones is 1. The molecule has 4 nitrogen and oxygen atoms in total. The van der Waals surface area contributed by atoms with E-state index in [0.717, 1.165) is 24.3 Å². The third-order valence-corrected chi connectivity index (χ3v) is 3.56. The van der Waals surface area contributed by atoms with Crippen LogP contribution in [-0.2, 0) is 0 Å². The molecule has 10 heteroatoms. The molecule has 0 radical (unpaired) electrons. The van der Waals surface area contributed by atoms with E-state index in [4.69, 9.17) is 4.74 Å². The minimum absolute atomic E-state index is 0.347. The van der Waals surface area contributed by atoms with E-state index in [1.54, 1.807) is 24.3 Å². The average Bonchev–Trinajstić information content (AvgIpc) is 2.68. The molecule has 30 heavy (non-hydrogen) atoms. The number of carbonyl (C=O) groups is 1. The zero-order valence-corrected chi connectivity index (χ0v) is 15.5. The van der Waals surface area contributed by atoms with Gasteiger partial charge in [-0.2, -0.15) is 26.3 Å². The van der Waals surface area contributed by atoms with Gasteiger partial charge in [0, 0.05) is 5.56 Å². The fraction of sp³-hybridized carbons (Fsp3) is 0.250. The van der Waals surface area contributed by atoms with E-state index >= 15 is 0 Å². The minimum atomic E-state index is -4.67. The summed E-state index contributed by atoms with van der Waals surface area (Å²) in [6, 6.07) is 9.46. The van der Waals surface area contributed by atoms with E-state index in [-0.39, 0.29) is 11.3 Å². The van der Waals surface area contributed by atoms with Crippen LogP contribution in [0, 0.1) is 0 Å². The van der Waals surface area contributed by atoms with Crippen LogP contribution in [0.15, 0.2) is 48.5 Å². The molecule has 0 aliphatic heterocycles. The Kier molecular flexibility index (Phi) is 7.36. The van der Waals surface area contributed by atoms with Crippen molar-refractivity contribution in [3.8, 4) is 17.2 Å². The van der Waals surface area contributed by atoms with Gasteiger partial charge in [-0.15, -0.1) is 0 Å². The molecule has 0 aromatic heterocycles. The molecule has 0 bridgehead atoms. The molecule has 0 amide bonds. The first-order chi connectivity index (χ1) is 14.0.